The number of esters is 1. The van der Waals surface area contributed by atoms with Crippen LogP contribution in [0.15, 0.2) is 74.6 Å². The number of furan rings is 1. The van der Waals surface area contributed by atoms with Crippen molar-refractivity contribution in [1.29, 1.82) is 0 Å². The number of primary sulfonamides is 1. The SMILES string of the molecule is CCCOC(=O)c1cc(-c2ccc(/C=C3\C(=O)N(c4ccc(S(N)(=O)=O)cc4)N=C3C(F)(F)F)o2)ccc1Cl. The predicted molar refractivity (Wildman–Crippen MR) is 136 cm³/mol. The normalized spacial score (nSPS) is 15.1. The Morgan fingerprint density at radius 1 is 1.15 bits per heavy atom. The van der Waals surface area contributed by atoms with Gasteiger partial charge < -0.3 is 9.15 Å². The van der Waals surface area contributed by atoms with Gasteiger partial charge in [0.25, 0.3) is 5.91 Å². The third-order valence-electron chi connectivity index (χ3n) is 5.38. The number of anilines is 1. The molecule has 0 bridgehead atoms. The molecule has 0 aliphatic carbocycles. The van der Waals surface area contributed by atoms with Gasteiger partial charge in [-0.25, -0.2) is 18.4 Å². The molecule has 204 valence electrons. The number of carbonyl (C=O) groups excluding carboxylic acids is 2. The first-order chi connectivity index (χ1) is 18.3. The number of carbonyl (C=O) groups is 2. The number of hydrazone groups is 1. The molecule has 0 saturated heterocycles. The van der Waals surface area contributed by atoms with Crippen LogP contribution < -0.4 is 10.1 Å². The monoisotopic (exact) mass is 581 g/mol. The molecule has 4 rings (SSSR count). The van der Waals surface area contributed by atoms with Gasteiger partial charge in [0.2, 0.25) is 10.0 Å². The minimum absolute atomic E-state index is 0.0838. The second-order valence-corrected chi connectivity index (χ2v) is 10.2. The first-order valence-corrected chi connectivity index (χ1v) is 13.1. The summed E-state index contributed by atoms with van der Waals surface area (Å²) in [5.41, 5.74) is -1.89. The summed E-state index contributed by atoms with van der Waals surface area (Å²) in [6.07, 6.45) is -3.49. The van der Waals surface area contributed by atoms with Gasteiger partial charge in [-0.05, 0) is 67.1 Å². The van der Waals surface area contributed by atoms with Crippen molar-refractivity contribution in [2.24, 2.45) is 10.2 Å². The van der Waals surface area contributed by atoms with E-state index in [0.29, 0.717) is 17.0 Å². The standard InChI is InChI=1S/C25H19ClF3N3O6S/c1-2-11-37-24(34)18-12-14(3-9-20(18)26)21-10-6-16(38-21)13-19-22(25(27,28)29)31-32(23(19)33)15-4-7-17(8-5-15)39(30,35)36/h3-10,12-13H,2,11H2,1H3,(H2,30,35,36)/b19-13-. The molecule has 3 aromatic rings. The predicted octanol–water partition coefficient (Wildman–Crippen LogP) is 5.16. The van der Waals surface area contributed by atoms with Crippen LogP contribution in [0.25, 0.3) is 17.4 Å². The van der Waals surface area contributed by atoms with E-state index in [0.717, 1.165) is 30.3 Å². The van der Waals surface area contributed by atoms with Gasteiger partial charge in [-0.2, -0.15) is 23.3 Å². The quantitative estimate of drug-likeness (QED) is 0.303. The molecule has 0 saturated carbocycles. The molecule has 14 heteroatoms. The first kappa shape index (κ1) is 28.1. The van der Waals surface area contributed by atoms with E-state index in [4.69, 9.17) is 25.9 Å². The second kappa shape index (κ2) is 10.7. The molecule has 1 aromatic heterocycles. The Morgan fingerprint density at radius 2 is 1.85 bits per heavy atom. The largest absolute Gasteiger partial charge is 0.462 e. The Labute approximate surface area is 225 Å². The summed E-state index contributed by atoms with van der Waals surface area (Å²) < 4.78 is 75.0. The van der Waals surface area contributed by atoms with E-state index in [-0.39, 0.29) is 39.3 Å². The van der Waals surface area contributed by atoms with Crippen LogP contribution in [0.3, 0.4) is 0 Å². The smallest absolute Gasteiger partial charge is 0.435 e. The van der Waals surface area contributed by atoms with Crippen molar-refractivity contribution >= 4 is 51.0 Å². The summed E-state index contributed by atoms with van der Waals surface area (Å²) in [7, 11) is -4.05. The van der Waals surface area contributed by atoms with E-state index >= 15 is 0 Å². The summed E-state index contributed by atoms with van der Waals surface area (Å²) in [5, 5.41) is 9.11. The number of rotatable bonds is 7. The lowest BCUT2D eigenvalue weighted by Gasteiger charge is -2.11. The van der Waals surface area contributed by atoms with Gasteiger partial charge in [0.05, 0.1) is 33.3 Å². The van der Waals surface area contributed by atoms with Crippen molar-refractivity contribution in [3.63, 3.8) is 0 Å². The van der Waals surface area contributed by atoms with E-state index in [9.17, 15) is 31.2 Å². The van der Waals surface area contributed by atoms with Gasteiger partial charge in [0, 0.05) is 5.56 Å². The lowest BCUT2D eigenvalue weighted by Crippen LogP contribution is -2.25. The topological polar surface area (TPSA) is 132 Å². The average Bonchev–Trinajstić information content (AvgIpc) is 3.47. The van der Waals surface area contributed by atoms with E-state index < -0.39 is 39.4 Å². The van der Waals surface area contributed by atoms with E-state index in [1.807, 2.05) is 6.92 Å². The van der Waals surface area contributed by atoms with Gasteiger partial charge >= 0.3 is 12.1 Å². The molecule has 2 heterocycles. The maximum absolute atomic E-state index is 13.8. The number of ether oxygens (including phenoxy) is 1. The zero-order valence-electron chi connectivity index (χ0n) is 20.0. The summed E-state index contributed by atoms with van der Waals surface area (Å²) in [5.74, 6) is -1.66. The summed E-state index contributed by atoms with van der Waals surface area (Å²) >= 11 is 6.11. The molecule has 0 fully saturated rings. The van der Waals surface area contributed by atoms with Crippen molar-refractivity contribution < 1.29 is 40.3 Å². The van der Waals surface area contributed by atoms with Gasteiger partial charge in [-0.1, -0.05) is 18.5 Å². The van der Waals surface area contributed by atoms with Crippen molar-refractivity contribution in [1.82, 2.24) is 0 Å². The number of hydrogen-bond acceptors (Lipinski definition) is 7. The van der Waals surface area contributed by atoms with Crippen LogP contribution in [-0.2, 0) is 19.6 Å². The zero-order valence-corrected chi connectivity index (χ0v) is 21.6. The highest BCUT2D eigenvalue weighted by Gasteiger charge is 2.47. The molecule has 1 aliphatic heterocycles. The number of sulfonamides is 1. The molecule has 2 N–H and O–H groups in total. The minimum atomic E-state index is -4.99. The van der Waals surface area contributed by atoms with Gasteiger partial charge in [0.1, 0.15) is 11.5 Å². The zero-order chi connectivity index (χ0) is 28.5. The highest BCUT2D eigenvalue weighted by Crippen LogP contribution is 2.34. The van der Waals surface area contributed by atoms with Crippen LogP contribution in [0.2, 0.25) is 5.02 Å². The maximum atomic E-state index is 13.8. The molecule has 0 unspecified atom stereocenters. The maximum Gasteiger partial charge on any atom is 0.435 e. The van der Waals surface area contributed by atoms with Crippen molar-refractivity contribution in [3.05, 3.63) is 76.5 Å². The van der Waals surface area contributed by atoms with Crippen LogP contribution in [0, 0.1) is 0 Å². The van der Waals surface area contributed by atoms with Crippen LogP contribution in [0.5, 0.6) is 0 Å². The van der Waals surface area contributed by atoms with Gasteiger partial charge in [0.15, 0.2) is 5.71 Å². The number of benzene rings is 2. The number of alkyl halides is 3. The van der Waals surface area contributed by atoms with Crippen molar-refractivity contribution in [2.45, 2.75) is 24.4 Å². The average molecular weight is 582 g/mol. The summed E-state index contributed by atoms with van der Waals surface area (Å²) in [6, 6.07) is 11.5. The third kappa shape index (κ3) is 6.05. The highest BCUT2D eigenvalue weighted by molar-refractivity contribution is 7.89. The number of hydrogen-bond donors (Lipinski definition) is 1. The number of amides is 1. The number of nitrogens with two attached hydrogens (primary N) is 1. The van der Waals surface area contributed by atoms with E-state index in [1.165, 1.54) is 24.3 Å². The fourth-order valence-electron chi connectivity index (χ4n) is 3.54. The molecule has 1 amide bonds. The van der Waals surface area contributed by atoms with Crippen molar-refractivity contribution in [2.75, 3.05) is 11.6 Å². The fourth-order valence-corrected chi connectivity index (χ4v) is 4.25. The number of nitrogens with zero attached hydrogens (tertiary/aromatic N) is 2. The first-order valence-electron chi connectivity index (χ1n) is 11.2. The Hall–Kier alpha value is -3.94. The van der Waals surface area contributed by atoms with Crippen LogP contribution in [0.1, 0.15) is 29.5 Å². The van der Waals surface area contributed by atoms with Gasteiger partial charge in [-0.15, -0.1) is 0 Å². The molecule has 2 aromatic carbocycles. The molecule has 0 radical (unpaired) electrons. The Morgan fingerprint density at radius 3 is 2.46 bits per heavy atom. The fraction of sp³-hybridized carbons (Fsp3) is 0.160. The van der Waals surface area contributed by atoms with Crippen LogP contribution in [0.4, 0.5) is 18.9 Å². The van der Waals surface area contributed by atoms with E-state index in [1.54, 1.807) is 6.07 Å². The Kier molecular flexibility index (Phi) is 7.68. The third-order valence-corrected chi connectivity index (χ3v) is 6.64. The molecule has 0 atom stereocenters. The number of halogens is 4. The highest BCUT2D eigenvalue weighted by atomic mass is 35.5. The lowest BCUT2D eigenvalue weighted by atomic mass is 10.1. The van der Waals surface area contributed by atoms with Crippen LogP contribution in [-0.4, -0.2) is 38.8 Å². The molecule has 39 heavy (non-hydrogen) atoms. The molecule has 1 aliphatic rings. The Bertz CT molecular complexity index is 1610. The van der Waals surface area contributed by atoms with E-state index in [2.05, 4.69) is 5.10 Å². The van der Waals surface area contributed by atoms with Crippen LogP contribution >= 0.6 is 11.6 Å². The molecule has 0 spiro atoms. The molecular formula is C25H19ClF3N3O6S. The van der Waals surface area contributed by atoms with Gasteiger partial charge in [-0.3, -0.25) is 4.79 Å². The summed E-state index contributed by atoms with van der Waals surface area (Å²) in [6.45, 7) is 2.03. The lowest BCUT2D eigenvalue weighted by molar-refractivity contribution is -0.114. The molecular weight excluding hydrogens is 563 g/mol. The second-order valence-electron chi connectivity index (χ2n) is 8.19. The summed E-state index contributed by atoms with van der Waals surface area (Å²) in [4.78, 5) is 25.0. The molecule has 9 nitrogen and oxygen atoms in total. The Balaban J connectivity index is 1.66. The minimum Gasteiger partial charge on any atom is -0.462 e. The van der Waals surface area contributed by atoms with Crippen molar-refractivity contribution in [3.8, 4) is 11.3 Å².